The van der Waals surface area contributed by atoms with E-state index in [-0.39, 0.29) is 11.9 Å². The number of benzene rings is 3. The monoisotopic (exact) mass is 354 g/mol. The van der Waals surface area contributed by atoms with Gasteiger partial charge in [0.15, 0.2) is 0 Å². The molecular formula is C22H18N4O. The fraction of sp³-hybridized carbons (Fsp3) is 0.136. The van der Waals surface area contributed by atoms with Gasteiger partial charge in [0.25, 0.3) is 5.91 Å². The van der Waals surface area contributed by atoms with Crippen LogP contribution in [0.1, 0.15) is 16.4 Å². The molecule has 132 valence electrons. The predicted molar refractivity (Wildman–Crippen MR) is 104 cm³/mol. The molecule has 0 aliphatic carbocycles. The first-order valence-corrected chi connectivity index (χ1v) is 9.03. The van der Waals surface area contributed by atoms with Gasteiger partial charge < -0.3 is 4.90 Å². The lowest BCUT2D eigenvalue weighted by molar-refractivity contribution is 0.0498. The average Bonchev–Trinajstić information content (AvgIpc) is 3.17. The molecule has 0 saturated carbocycles. The second kappa shape index (κ2) is 6.36. The smallest absolute Gasteiger partial charge is 0.254 e. The van der Waals surface area contributed by atoms with Crippen molar-refractivity contribution in [2.45, 2.75) is 6.04 Å². The maximum absolute atomic E-state index is 12.8. The van der Waals surface area contributed by atoms with Crippen molar-refractivity contribution < 1.29 is 4.79 Å². The number of likely N-dealkylation sites (tertiary alicyclic amines) is 1. The third-order valence-electron chi connectivity index (χ3n) is 5.10. The zero-order valence-corrected chi connectivity index (χ0v) is 14.7. The number of aromatic nitrogens is 3. The first-order valence-electron chi connectivity index (χ1n) is 9.03. The van der Waals surface area contributed by atoms with Gasteiger partial charge in [-0.05, 0) is 22.9 Å². The van der Waals surface area contributed by atoms with E-state index < -0.39 is 0 Å². The van der Waals surface area contributed by atoms with Crippen molar-refractivity contribution in [2.75, 3.05) is 13.1 Å². The van der Waals surface area contributed by atoms with Crippen molar-refractivity contribution in [2.24, 2.45) is 0 Å². The molecule has 5 heteroatoms. The Morgan fingerprint density at radius 2 is 1.63 bits per heavy atom. The number of rotatable bonds is 3. The second-order valence-corrected chi connectivity index (χ2v) is 6.88. The van der Waals surface area contributed by atoms with Crippen LogP contribution in [0.4, 0.5) is 0 Å². The van der Waals surface area contributed by atoms with Gasteiger partial charge >= 0.3 is 0 Å². The predicted octanol–water partition coefficient (Wildman–Crippen LogP) is 3.80. The van der Waals surface area contributed by atoms with Crippen LogP contribution in [-0.4, -0.2) is 38.9 Å². The Kier molecular flexibility index (Phi) is 3.71. The largest absolute Gasteiger partial charge is 0.334 e. The van der Waals surface area contributed by atoms with Crippen LogP contribution in [-0.2, 0) is 0 Å². The van der Waals surface area contributed by atoms with Crippen LogP contribution in [0.2, 0.25) is 0 Å². The molecule has 5 nitrogen and oxygen atoms in total. The first kappa shape index (κ1) is 15.8. The molecule has 1 amide bonds. The Bertz CT molecular complexity index is 1110. The number of amides is 1. The van der Waals surface area contributed by atoms with Gasteiger partial charge in [0.1, 0.15) is 5.69 Å². The van der Waals surface area contributed by atoms with E-state index in [2.05, 4.69) is 16.4 Å². The highest BCUT2D eigenvalue weighted by Crippen LogP contribution is 2.25. The van der Waals surface area contributed by atoms with Gasteiger partial charge in [-0.3, -0.25) is 4.79 Å². The number of fused-ring (bicyclic) bond motifs is 1. The van der Waals surface area contributed by atoms with Crippen LogP contribution in [0.3, 0.4) is 0 Å². The molecule has 0 atom stereocenters. The number of nitrogens with zero attached hydrogens (tertiary/aromatic N) is 4. The van der Waals surface area contributed by atoms with Gasteiger partial charge in [-0.1, -0.05) is 65.9 Å². The molecule has 1 saturated heterocycles. The Morgan fingerprint density at radius 3 is 2.44 bits per heavy atom. The third-order valence-corrected chi connectivity index (χ3v) is 5.10. The Morgan fingerprint density at radius 1 is 0.889 bits per heavy atom. The molecule has 3 aromatic carbocycles. The Balaban J connectivity index is 1.29. The van der Waals surface area contributed by atoms with Crippen LogP contribution < -0.4 is 0 Å². The number of hydrogen-bond acceptors (Lipinski definition) is 3. The minimum Gasteiger partial charge on any atom is -0.334 e. The molecule has 0 spiro atoms. The first-order chi connectivity index (χ1) is 13.3. The summed E-state index contributed by atoms with van der Waals surface area (Å²) >= 11 is 0. The molecule has 1 aliphatic heterocycles. The maximum atomic E-state index is 12.8. The SMILES string of the molecule is O=C(c1ccc2ccccc2c1)N1CC(n2cc(-c3ccccc3)nn2)C1. The van der Waals surface area contributed by atoms with Gasteiger partial charge in [-0.15, -0.1) is 5.10 Å². The molecule has 0 unspecified atom stereocenters. The minimum atomic E-state index is 0.0698. The van der Waals surface area contributed by atoms with Crippen LogP contribution in [0.15, 0.2) is 79.0 Å². The van der Waals surface area contributed by atoms with Gasteiger partial charge in [-0.25, -0.2) is 4.68 Å². The maximum Gasteiger partial charge on any atom is 0.254 e. The average molecular weight is 354 g/mol. The Hall–Kier alpha value is -3.47. The number of carbonyl (C=O) groups is 1. The molecule has 27 heavy (non-hydrogen) atoms. The zero-order chi connectivity index (χ0) is 18.2. The molecule has 5 rings (SSSR count). The van der Waals surface area contributed by atoms with Crippen LogP contribution in [0.25, 0.3) is 22.0 Å². The van der Waals surface area contributed by atoms with E-state index in [0.29, 0.717) is 13.1 Å². The number of carbonyl (C=O) groups excluding carboxylic acids is 1. The van der Waals surface area contributed by atoms with E-state index in [4.69, 9.17) is 0 Å². The molecular weight excluding hydrogens is 336 g/mol. The van der Waals surface area contributed by atoms with Crippen LogP contribution in [0.5, 0.6) is 0 Å². The van der Waals surface area contributed by atoms with E-state index in [9.17, 15) is 4.79 Å². The van der Waals surface area contributed by atoms with Crippen molar-refractivity contribution in [3.8, 4) is 11.3 Å². The van der Waals surface area contributed by atoms with Gasteiger partial charge in [0, 0.05) is 24.2 Å². The highest BCUT2D eigenvalue weighted by atomic mass is 16.2. The third kappa shape index (κ3) is 2.87. The molecule has 2 heterocycles. The summed E-state index contributed by atoms with van der Waals surface area (Å²) in [6.07, 6.45) is 1.96. The summed E-state index contributed by atoms with van der Waals surface area (Å²) < 4.78 is 1.87. The molecule has 1 fully saturated rings. The van der Waals surface area contributed by atoms with E-state index >= 15 is 0 Å². The summed E-state index contributed by atoms with van der Waals surface area (Å²) in [6, 6.07) is 24.1. The Labute approximate surface area is 156 Å². The van der Waals surface area contributed by atoms with Gasteiger partial charge in [0.2, 0.25) is 0 Å². The summed E-state index contributed by atoms with van der Waals surface area (Å²) in [7, 11) is 0. The molecule has 1 aliphatic rings. The van der Waals surface area contributed by atoms with Crippen molar-refractivity contribution in [1.82, 2.24) is 19.9 Å². The van der Waals surface area contributed by atoms with Crippen molar-refractivity contribution in [3.63, 3.8) is 0 Å². The summed E-state index contributed by atoms with van der Waals surface area (Å²) in [6.45, 7) is 1.31. The van der Waals surface area contributed by atoms with Crippen molar-refractivity contribution in [1.29, 1.82) is 0 Å². The summed E-state index contributed by atoms with van der Waals surface area (Å²) in [5.74, 6) is 0.0698. The fourth-order valence-corrected chi connectivity index (χ4v) is 3.49. The van der Waals surface area contributed by atoms with Gasteiger partial charge in [-0.2, -0.15) is 0 Å². The highest BCUT2D eigenvalue weighted by molar-refractivity contribution is 5.99. The lowest BCUT2D eigenvalue weighted by Gasteiger charge is -2.38. The standard InChI is InChI=1S/C22H18N4O/c27-22(19-11-10-16-6-4-5-9-18(16)12-19)25-13-20(14-25)26-15-21(23-24-26)17-7-2-1-3-8-17/h1-12,15,20H,13-14H2. The van der Waals surface area contributed by atoms with E-state index in [1.165, 1.54) is 0 Å². The lowest BCUT2D eigenvalue weighted by Crippen LogP contribution is -2.50. The normalized spacial score (nSPS) is 14.3. The van der Waals surface area contributed by atoms with Crippen LogP contribution >= 0.6 is 0 Å². The van der Waals surface area contributed by atoms with Crippen molar-refractivity contribution >= 4 is 16.7 Å². The van der Waals surface area contributed by atoms with Crippen LogP contribution in [0, 0.1) is 0 Å². The van der Waals surface area contributed by atoms with E-state index in [1.54, 1.807) is 0 Å². The summed E-state index contributed by atoms with van der Waals surface area (Å²) in [4.78, 5) is 14.6. The fourth-order valence-electron chi connectivity index (χ4n) is 3.49. The molecule has 4 aromatic rings. The zero-order valence-electron chi connectivity index (χ0n) is 14.7. The van der Waals surface area contributed by atoms with E-state index in [0.717, 1.165) is 27.6 Å². The topological polar surface area (TPSA) is 51.0 Å². The molecule has 0 bridgehead atoms. The highest BCUT2D eigenvalue weighted by Gasteiger charge is 2.33. The van der Waals surface area contributed by atoms with Gasteiger partial charge in [0.05, 0.1) is 12.2 Å². The lowest BCUT2D eigenvalue weighted by atomic mass is 10.0. The van der Waals surface area contributed by atoms with Crippen molar-refractivity contribution in [3.05, 3.63) is 84.6 Å². The van der Waals surface area contributed by atoms with E-state index in [1.807, 2.05) is 82.5 Å². The second-order valence-electron chi connectivity index (χ2n) is 6.88. The molecule has 0 radical (unpaired) electrons. The number of hydrogen-bond donors (Lipinski definition) is 0. The summed E-state index contributed by atoms with van der Waals surface area (Å²) in [5, 5.41) is 10.7. The molecule has 0 N–H and O–H groups in total. The molecule has 1 aromatic heterocycles. The minimum absolute atomic E-state index is 0.0698. The quantitative estimate of drug-likeness (QED) is 0.562. The summed E-state index contributed by atoms with van der Waals surface area (Å²) in [5.41, 5.74) is 2.64.